The predicted octanol–water partition coefficient (Wildman–Crippen LogP) is 3.67. The van der Waals surface area contributed by atoms with Crippen molar-refractivity contribution in [1.82, 2.24) is 0 Å². The summed E-state index contributed by atoms with van der Waals surface area (Å²) in [5.74, 6) is -0.891. The smallest absolute Gasteiger partial charge is 0.335 e. The molecule has 0 bridgehead atoms. The van der Waals surface area contributed by atoms with Crippen LogP contribution in [0.2, 0.25) is 0 Å². The van der Waals surface area contributed by atoms with E-state index in [1.54, 1.807) is 13.8 Å². The normalized spacial score (nSPS) is 10.9. The van der Waals surface area contributed by atoms with Crippen LogP contribution in [0.15, 0.2) is 91.0 Å². The van der Waals surface area contributed by atoms with Gasteiger partial charge in [-0.3, -0.25) is 4.79 Å². The Labute approximate surface area is 183 Å². The summed E-state index contributed by atoms with van der Waals surface area (Å²) >= 11 is 0. The summed E-state index contributed by atoms with van der Waals surface area (Å²) in [5.41, 5.74) is 0. The molecule has 3 rings (SSSR count). The molecule has 31 heavy (non-hydrogen) atoms. The van der Waals surface area contributed by atoms with Crippen LogP contribution in [-0.2, 0) is 19.1 Å². The van der Waals surface area contributed by atoms with E-state index in [1.807, 2.05) is 91.0 Å². The Morgan fingerprint density at radius 2 is 1.03 bits per heavy atom. The van der Waals surface area contributed by atoms with Gasteiger partial charge in [-0.25, -0.2) is 4.79 Å². The Kier molecular flexibility index (Phi) is 7.86. The highest BCUT2D eigenvalue weighted by Crippen LogP contribution is 2.47. The first-order valence-corrected chi connectivity index (χ1v) is 12.2. The van der Waals surface area contributed by atoms with Crippen LogP contribution >= 0.6 is 6.89 Å². The van der Waals surface area contributed by atoms with E-state index in [0.29, 0.717) is 5.29 Å². The summed E-state index contributed by atoms with van der Waals surface area (Å²) in [6, 6.07) is 29.8. The summed E-state index contributed by atoms with van der Waals surface area (Å²) in [6.07, 6.45) is -0.126. The Morgan fingerprint density at radius 1 is 0.645 bits per heavy atom. The maximum atomic E-state index is 13.4. The van der Waals surface area contributed by atoms with E-state index in [9.17, 15) is 9.59 Å². The van der Waals surface area contributed by atoms with Gasteiger partial charge in [0.15, 0.2) is 0 Å². The molecule has 5 heteroatoms. The molecule has 0 aliphatic rings. The zero-order valence-corrected chi connectivity index (χ0v) is 18.8. The fourth-order valence-electron chi connectivity index (χ4n) is 3.76. The van der Waals surface area contributed by atoms with Crippen LogP contribution in [0.1, 0.15) is 20.3 Å². The van der Waals surface area contributed by atoms with Gasteiger partial charge >= 0.3 is 11.9 Å². The van der Waals surface area contributed by atoms with Crippen molar-refractivity contribution in [3.63, 3.8) is 0 Å². The number of hydrogen-bond donors (Lipinski definition) is 0. The predicted molar refractivity (Wildman–Crippen MR) is 128 cm³/mol. The molecule has 0 unspecified atom stereocenters. The van der Waals surface area contributed by atoms with Crippen LogP contribution in [0.4, 0.5) is 0 Å². The second kappa shape index (κ2) is 10.8. The number of carbonyl (C=O) groups excluding carboxylic acids is 2. The van der Waals surface area contributed by atoms with E-state index >= 15 is 0 Å². The van der Waals surface area contributed by atoms with Crippen molar-refractivity contribution in [2.45, 2.75) is 20.3 Å². The number of esters is 2. The first kappa shape index (κ1) is 22.6. The van der Waals surface area contributed by atoms with Gasteiger partial charge in [0.05, 0.1) is 24.9 Å². The van der Waals surface area contributed by atoms with E-state index in [1.165, 1.54) is 0 Å². The molecule has 0 N–H and O–H groups in total. The average Bonchev–Trinajstić information content (AvgIpc) is 2.81. The van der Waals surface area contributed by atoms with Crippen LogP contribution < -0.4 is 15.9 Å². The average molecular weight is 434 g/mol. The first-order chi connectivity index (χ1) is 15.1. The molecule has 3 aromatic carbocycles. The minimum Gasteiger partial charge on any atom is -0.466 e. The second-order valence-electron chi connectivity index (χ2n) is 6.83. The first-order valence-electron chi connectivity index (χ1n) is 10.4. The van der Waals surface area contributed by atoms with Crippen LogP contribution in [-0.4, -0.2) is 30.4 Å². The highest BCUT2D eigenvalue weighted by atomic mass is 31.2. The Bertz CT molecular complexity index is 957. The van der Waals surface area contributed by atoms with Crippen molar-refractivity contribution < 1.29 is 19.1 Å². The molecule has 0 heterocycles. The zero-order chi connectivity index (χ0) is 22.1. The lowest BCUT2D eigenvalue weighted by molar-refractivity contribution is -0.143. The lowest BCUT2D eigenvalue weighted by Gasteiger charge is -2.31. The van der Waals surface area contributed by atoms with Crippen molar-refractivity contribution in [3.05, 3.63) is 91.0 Å². The highest BCUT2D eigenvalue weighted by Gasteiger charge is 2.35. The monoisotopic (exact) mass is 434 g/mol. The van der Waals surface area contributed by atoms with E-state index in [-0.39, 0.29) is 19.6 Å². The molecule has 0 aliphatic carbocycles. The largest absolute Gasteiger partial charge is 0.466 e. The van der Waals surface area contributed by atoms with Gasteiger partial charge in [0.2, 0.25) is 0 Å². The van der Waals surface area contributed by atoms with Gasteiger partial charge < -0.3 is 9.47 Å². The molecule has 0 aromatic heterocycles. The Balaban J connectivity index is 2.52. The molecule has 0 saturated carbocycles. The molecule has 3 aromatic rings. The van der Waals surface area contributed by atoms with E-state index < -0.39 is 18.8 Å². The Hall–Kier alpha value is -3.10. The van der Waals surface area contributed by atoms with Gasteiger partial charge in [-0.1, -0.05) is 91.0 Å². The number of carbonyl (C=O) groups is 2. The molecule has 4 nitrogen and oxygen atoms in total. The van der Waals surface area contributed by atoms with E-state index in [4.69, 9.17) is 9.47 Å². The quantitative estimate of drug-likeness (QED) is 0.401. The van der Waals surface area contributed by atoms with Crippen molar-refractivity contribution in [2.24, 2.45) is 0 Å². The molecule has 0 amide bonds. The lowest BCUT2D eigenvalue weighted by atomic mass is 10.3. The van der Waals surface area contributed by atoms with Gasteiger partial charge in [0.1, 0.15) is 0 Å². The molecule has 0 aliphatic heterocycles. The van der Waals surface area contributed by atoms with Crippen molar-refractivity contribution in [2.75, 3.05) is 13.2 Å². The third-order valence-electron chi connectivity index (χ3n) is 4.96. The topological polar surface area (TPSA) is 52.6 Å². The fraction of sp³-hybridized carbons (Fsp3) is 0.192. The van der Waals surface area contributed by atoms with Crippen molar-refractivity contribution >= 4 is 40.0 Å². The highest BCUT2D eigenvalue weighted by molar-refractivity contribution is 7.96. The minimum absolute atomic E-state index is 0.126. The lowest BCUT2D eigenvalue weighted by Crippen LogP contribution is -2.35. The fourth-order valence-corrected chi connectivity index (χ4v) is 8.15. The SMILES string of the molecule is CCOC(=O)CC(C(=O)OCC)=P(c1ccccc1)(c1ccccc1)c1ccccc1. The number of hydrogen-bond acceptors (Lipinski definition) is 4. The maximum absolute atomic E-state index is 13.4. The number of ether oxygens (including phenoxy) is 2. The van der Waals surface area contributed by atoms with Crippen LogP contribution in [0.3, 0.4) is 0 Å². The molecular weight excluding hydrogens is 407 g/mol. The van der Waals surface area contributed by atoms with Crippen molar-refractivity contribution in [1.29, 1.82) is 0 Å². The summed E-state index contributed by atoms with van der Waals surface area (Å²) in [5, 5.41) is 3.40. The van der Waals surface area contributed by atoms with E-state index in [2.05, 4.69) is 0 Å². The molecule has 160 valence electrons. The molecule has 0 spiro atoms. The summed E-state index contributed by atoms with van der Waals surface area (Å²) in [7, 11) is 0. The minimum atomic E-state index is -2.69. The molecule has 0 fully saturated rings. The van der Waals surface area contributed by atoms with Gasteiger partial charge in [-0.15, -0.1) is 0 Å². The third kappa shape index (κ3) is 4.81. The summed E-state index contributed by atoms with van der Waals surface area (Å²) in [4.78, 5) is 26.1. The maximum Gasteiger partial charge on any atom is 0.335 e. The van der Waals surface area contributed by atoms with Crippen LogP contribution in [0.25, 0.3) is 0 Å². The summed E-state index contributed by atoms with van der Waals surface area (Å²) < 4.78 is 10.8. The van der Waals surface area contributed by atoms with E-state index in [0.717, 1.165) is 15.9 Å². The third-order valence-corrected chi connectivity index (χ3v) is 9.33. The molecular formula is C26H27O4P. The molecule has 0 saturated heterocycles. The number of rotatable bonds is 8. The number of benzene rings is 3. The van der Waals surface area contributed by atoms with Gasteiger partial charge in [0, 0.05) is 0 Å². The standard InChI is InChI=1S/C26H27O4P/c1-3-29-25(27)20-24(26(28)30-4-2)31(21-14-8-5-9-15-21,22-16-10-6-11-17-22)23-18-12-7-13-19-23/h5-19H,3-4,20H2,1-2H3. The van der Waals surface area contributed by atoms with Gasteiger partial charge in [-0.2, -0.15) is 0 Å². The summed E-state index contributed by atoms with van der Waals surface area (Å²) in [6.45, 7) is 1.32. The van der Waals surface area contributed by atoms with Gasteiger partial charge in [0.25, 0.3) is 0 Å². The molecule has 0 radical (unpaired) electrons. The Morgan fingerprint density at radius 3 is 1.39 bits per heavy atom. The van der Waals surface area contributed by atoms with Crippen molar-refractivity contribution in [3.8, 4) is 0 Å². The van der Waals surface area contributed by atoms with Gasteiger partial charge in [-0.05, 0) is 36.6 Å². The van der Waals surface area contributed by atoms with Crippen LogP contribution in [0, 0.1) is 0 Å². The van der Waals surface area contributed by atoms with Crippen LogP contribution in [0.5, 0.6) is 0 Å². The molecule has 0 atom stereocenters. The second-order valence-corrected chi connectivity index (χ2v) is 10.3. The zero-order valence-electron chi connectivity index (χ0n) is 17.9.